The fraction of sp³-hybridized carbons (Fsp3) is 0.385. The van der Waals surface area contributed by atoms with Gasteiger partial charge < -0.3 is 4.74 Å². The molecule has 1 aliphatic rings. The van der Waals surface area contributed by atoms with E-state index in [2.05, 4.69) is 37.3 Å². The zero-order valence-electron chi connectivity index (χ0n) is 8.57. The molecule has 0 N–H and O–H groups in total. The van der Waals surface area contributed by atoms with E-state index in [0.29, 0.717) is 0 Å². The molecule has 0 spiro atoms. The first-order valence-electron chi connectivity index (χ1n) is 5.31. The lowest BCUT2D eigenvalue weighted by Gasteiger charge is -2.14. The average molecular weight is 188 g/mol. The van der Waals surface area contributed by atoms with Gasteiger partial charge in [0, 0.05) is 0 Å². The van der Waals surface area contributed by atoms with Crippen LogP contribution in [0.5, 0.6) is 5.75 Å². The van der Waals surface area contributed by atoms with E-state index >= 15 is 0 Å². The first kappa shape index (κ1) is 9.32. The fourth-order valence-electron chi connectivity index (χ4n) is 1.78. The largest absolute Gasteiger partial charge is 0.486 e. The number of allylic oxidation sites excluding steroid dienone is 1. The minimum absolute atomic E-state index is 0.267. The van der Waals surface area contributed by atoms with Crippen LogP contribution in [0.2, 0.25) is 0 Å². The molecule has 74 valence electrons. The van der Waals surface area contributed by atoms with Crippen LogP contribution in [0.25, 0.3) is 0 Å². The SMILES string of the molecule is CCC[C@@H]1C=CCc2ccccc2O1. The number of fused-ring (bicyclic) bond motifs is 1. The fourth-order valence-corrected chi connectivity index (χ4v) is 1.78. The van der Waals surface area contributed by atoms with E-state index in [9.17, 15) is 0 Å². The summed E-state index contributed by atoms with van der Waals surface area (Å²) in [5, 5.41) is 0. The van der Waals surface area contributed by atoms with Crippen LogP contribution in [0.1, 0.15) is 25.3 Å². The van der Waals surface area contributed by atoms with Crippen LogP contribution in [0.15, 0.2) is 36.4 Å². The van der Waals surface area contributed by atoms with Crippen LogP contribution in [-0.4, -0.2) is 6.10 Å². The van der Waals surface area contributed by atoms with Crippen molar-refractivity contribution in [2.45, 2.75) is 32.3 Å². The molecule has 0 bridgehead atoms. The van der Waals surface area contributed by atoms with Crippen LogP contribution in [0.3, 0.4) is 0 Å². The van der Waals surface area contributed by atoms with Gasteiger partial charge in [-0.3, -0.25) is 0 Å². The summed E-state index contributed by atoms with van der Waals surface area (Å²) in [6.45, 7) is 2.19. The number of para-hydroxylation sites is 1. The first-order valence-corrected chi connectivity index (χ1v) is 5.31. The third-order valence-electron chi connectivity index (χ3n) is 2.51. The third-order valence-corrected chi connectivity index (χ3v) is 2.51. The van der Waals surface area contributed by atoms with E-state index in [4.69, 9.17) is 4.74 Å². The highest BCUT2D eigenvalue weighted by Crippen LogP contribution is 2.24. The summed E-state index contributed by atoms with van der Waals surface area (Å²) < 4.78 is 5.91. The Morgan fingerprint density at radius 1 is 1.36 bits per heavy atom. The summed E-state index contributed by atoms with van der Waals surface area (Å²) in [6.07, 6.45) is 7.93. The minimum Gasteiger partial charge on any atom is -0.486 e. The van der Waals surface area contributed by atoms with Gasteiger partial charge in [-0.05, 0) is 30.5 Å². The van der Waals surface area contributed by atoms with Gasteiger partial charge in [-0.15, -0.1) is 0 Å². The normalized spacial score (nSPS) is 19.6. The number of benzene rings is 1. The van der Waals surface area contributed by atoms with E-state index in [-0.39, 0.29) is 6.10 Å². The van der Waals surface area contributed by atoms with Crippen molar-refractivity contribution in [1.82, 2.24) is 0 Å². The molecule has 0 saturated heterocycles. The Labute approximate surface area is 85.4 Å². The zero-order valence-corrected chi connectivity index (χ0v) is 8.57. The maximum Gasteiger partial charge on any atom is 0.123 e. The van der Waals surface area contributed by atoms with Crippen LogP contribution in [0.4, 0.5) is 0 Å². The molecular formula is C13H16O. The molecule has 2 rings (SSSR count). The second kappa shape index (κ2) is 4.32. The molecule has 0 radical (unpaired) electrons. The maximum atomic E-state index is 5.91. The molecule has 0 fully saturated rings. The average Bonchev–Trinajstić information content (AvgIpc) is 2.40. The molecule has 0 aromatic heterocycles. The Kier molecular flexibility index (Phi) is 2.87. The van der Waals surface area contributed by atoms with Crippen molar-refractivity contribution in [3.63, 3.8) is 0 Å². The van der Waals surface area contributed by atoms with E-state index < -0.39 is 0 Å². The summed E-state index contributed by atoms with van der Waals surface area (Å²) in [4.78, 5) is 0. The molecule has 0 amide bonds. The summed E-state index contributed by atoms with van der Waals surface area (Å²) in [5.41, 5.74) is 1.29. The lowest BCUT2D eigenvalue weighted by atomic mass is 10.1. The molecule has 1 aromatic carbocycles. The lowest BCUT2D eigenvalue weighted by molar-refractivity contribution is 0.238. The van der Waals surface area contributed by atoms with E-state index in [0.717, 1.165) is 25.0 Å². The Morgan fingerprint density at radius 3 is 3.07 bits per heavy atom. The highest BCUT2D eigenvalue weighted by molar-refractivity contribution is 5.36. The Bertz CT molecular complexity index is 328. The smallest absolute Gasteiger partial charge is 0.123 e. The Balaban J connectivity index is 2.20. The molecule has 1 atom stereocenters. The monoisotopic (exact) mass is 188 g/mol. The van der Waals surface area contributed by atoms with Gasteiger partial charge in [0.2, 0.25) is 0 Å². The molecule has 1 aliphatic heterocycles. The Morgan fingerprint density at radius 2 is 2.21 bits per heavy atom. The predicted octanol–water partition coefficient (Wildman–Crippen LogP) is 3.35. The van der Waals surface area contributed by atoms with E-state index in [1.54, 1.807) is 0 Å². The minimum atomic E-state index is 0.267. The zero-order chi connectivity index (χ0) is 9.80. The number of rotatable bonds is 2. The van der Waals surface area contributed by atoms with Crippen molar-refractivity contribution < 1.29 is 4.74 Å². The number of hydrogen-bond acceptors (Lipinski definition) is 1. The molecule has 1 heteroatoms. The molecule has 0 aliphatic carbocycles. The quantitative estimate of drug-likeness (QED) is 0.647. The van der Waals surface area contributed by atoms with Crippen molar-refractivity contribution in [2.75, 3.05) is 0 Å². The van der Waals surface area contributed by atoms with Crippen LogP contribution in [0, 0.1) is 0 Å². The molecular weight excluding hydrogens is 172 g/mol. The summed E-state index contributed by atoms with van der Waals surface area (Å²) >= 11 is 0. The first-order chi connectivity index (χ1) is 6.90. The van der Waals surface area contributed by atoms with Gasteiger partial charge >= 0.3 is 0 Å². The second-order valence-corrected chi connectivity index (χ2v) is 3.68. The molecule has 1 aromatic rings. The van der Waals surface area contributed by atoms with Crippen LogP contribution >= 0.6 is 0 Å². The molecule has 14 heavy (non-hydrogen) atoms. The van der Waals surface area contributed by atoms with Gasteiger partial charge in [-0.1, -0.05) is 37.6 Å². The van der Waals surface area contributed by atoms with E-state index in [1.807, 2.05) is 6.07 Å². The lowest BCUT2D eigenvalue weighted by Crippen LogP contribution is -2.12. The topological polar surface area (TPSA) is 9.23 Å². The van der Waals surface area contributed by atoms with Gasteiger partial charge in [-0.2, -0.15) is 0 Å². The number of hydrogen-bond donors (Lipinski definition) is 0. The molecule has 1 nitrogen and oxygen atoms in total. The standard InChI is InChI=1S/C13H16O/c1-2-6-12-9-5-8-11-7-3-4-10-13(11)14-12/h3-5,7,9-10,12H,2,6,8H2,1H3/t12-/m1/s1. The van der Waals surface area contributed by atoms with Gasteiger partial charge in [0.15, 0.2) is 0 Å². The van der Waals surface area contributed by atoms with Crippen LogP contribution < -0.4 is 4.74 Å². The third kappa shape index (κ3) is 1.98. The van der Waals surface area contributed by atoms with Gasteiger partial charge in [-0.25, -0.2) is 0 Å². The van der Waals surface area contributed by atoms with Gasteiger partial charge in [0.05, 0.1) is 0 Å². The van der Waals surface area contributed by atoms with Gasteiger partial charge in [0.25, 0.3) is 0 Å². The van der Waals surface area contributed by atoms with E-state index in [1.165, 1.54) is 5.56 Å². The number of ether oxygens (including phenoxy) is 1. The molecule has 0 saturated carbocycles. The molecule has 0 unspecified atom stereocenters. The van der Waals surface area contributed by atoms with Crippen molar-refractivity contribution in [3.8, 4) is 5.75 Å². The maximum absolute atomic E-state index is 5.91. The van der Waals surface area contributed by atoms with Crippen molar-refractivity contribution in [2.24, 2.45) is 0 Å². The van der Waals surface area contributed by atoms with Gasteiger partial charge in [0.1, 0.15) is 11.9 Å². The summed E-state index contributed by atoms with van der Waals surface area (Å²) in [6, 6.07) is 8.29. The van der Waals surface area contributed by atoms with Crippen LogP contribution in [-0.2, 0) is 6.42 Å². The van der Waals surface area contributed by atoms with Crippen molar-refractivity contribution in [3.05, 3.63) is 42.0 Å². The predicted molar refractivity (Wildman–Crippen MR) is 58.6 cm³/mol. The highest BCUT2D eigenvalue weighted by Gasteiger charge is 2.11. The highest BCUT2D eigenvalue weighted by atomic mass is 16.5. The summed E-state index contributed by atoms with van der Waals surface area (Å²) in [5.74, 6) is 1.05. The Hall–Kier alpha value is -1.24. The second-order valence-electron chi connectivity index (χ2n) is 3.68. The summed E-state index contributed by atoms with van der Waals surface area (Å²) in [7, 11) is 0. The molecule has 1 heterocycles. The van der Waals surface area contributed by atoms with Crippen molar-refractivity contribution in [1.29, 1.82) is 0 Å². The van der Waals surface area contributed by atoms with Crippen molar-refractivity contribution >= 4 is 0 Å².